The van der Waals surface area contributed by atoms with Crippen molar-refractivity contribution < 1.29 is 4.62 Å². The quantitative estimate of drug-likeness (QED) is 0.557. The van der Waals surface area contributed by atoms with E-state index in [9.17, 15) is 0 Å². The van der Waals surface area contributed by atoms with E-state index in [4.69, 9.17) is 21.4 Å². The van der Waals surface area contributed by atoms with Gasteiger partial charge in [0.15, 0.2) is 0 Å². The second kappa shape index (κ2) is 5.28. The highest BCUT2D eigenvalue weighted by molar-refractivity contribution is 7.78. The lowest BCUT2D eigenvalue weighted by atomic mass is 10.3. The number of halogens is 1. The van der Waals surface area contributed by atoms with Gasteiger partial charge in [0.1, 0.15) is 0 Å². The first-order chi connectivity index (χ1) is 4.95. The predicted molar refractivity (Wildman–Crippen MR) is 50.2 cm³/mol. The van der Waals surface area contributed by atoms with Crippen molar-refractivity contribution in [3.05, 3.63) is 0 Å². The Morgan fingerprint density at radius 1 is 1.27 bits per heavy atom. The third-order valence-corrected chi connectivity index (χ3v) is 1.72. The van der Waals surface area contributed by atoms with Crippen molar-refractivity contribution in [2.75, 3.05) is 0 Å². The second-order valence-electron chi connectivity index (χ2n) is 2.90. The number of nitrogens with zero attached hydrogens (tertiary/aromatic N) is 1. The van der Waals surface area contributed by atoms with E-state index in [2.05, 4.69) is 0 Å². The molecule has 0 amide bonds. The first-order valence-electron chi connectivity index (χ1n) is 3.62. The molecule has 0 spiro atoms. The van der Waals surface area contributed by atoms with E-state index in [1.807, 2.05) is 27.7 Å². The Balaban J connectivity index is 3.90. The van der Waals surface area contributed by atoms with Gasteiger partial charge in [-0.05, 0) is 38.9 Å². The van der Waals surface area contributed by atoms with E-state index in [1.165, 1.54) is 0 Å². The molecule has 11 heavy (non-hydrogen) atoms. The lowest BCUT2D eigenvalue weighted by Crippen LogP contribution is -2.35. The van der Waals surface area contributed by atoms with Crippen molar-refractivity contribution in [1.29, 1.82) is 0 Å². The van der Waals surface area contributed by atoms with Gasteiger partial charge in [0, 0.05) is 12.1 Å². The minimum atomic E-state index is -1.31. The molecule has 0 aromatic rings. The van der Waals surface area contributed by atoms with E-state index in [0.717, 1.165) is 0 Å². The van der Waals surface area contributed by atoms with Crippen molar-refractivity contribution in [3.8, 4) is 0 Å². The molecule has 0 aliphatic carbocycles. The van der Waals surface area contributed by atoms with Crippen molar-refractivity contribution in [3.63, 3.8) is 0 Å². The minimum absolute atomic E-state index is 0.308. The fraction of sp³-hybridized carbons (Fsp3) is 1.00. The summed E-state index contributed by atoms with van der Waals surface area (Å²) in [5, 5.41) is 1.80. The third-order valence-electron chi connectivity index (χ3n) is 1.19. The average molecular weight is 199 g/mol. The zero-order valence-corrected chi connectivity index (χ0v) is 9.06. The van der Waals surface area contributed by atoms with Crippen molar-refractivity contribution >= 4 is 18.9 Å². The number of hydroxylamine groups is 2. The van der Waals surface area contributed by atoms with Crippen LogP contribution in [0.3, 0.4) is 0 Å². The molecular formula is C6H16ClN2OP. The van der Waals surface area contributed by atoms with Gasteiger partial charge in [-0.15, -0.1) is 0 Å². The van der Waals surface area contributed by atoms with Gasteiger partial charge >= 0.3 is 0 Å². The first-order valence-corrected chi connectivity index (χ1v) is 5.85. The van der Waals surface area contributed by atoms with Gasteiger partial charge < -0.3 is 0 Å². The predicted octanol–water partition coefficient (Wildman–Crippen LogP) is 2.46. The maximum atomic E-state index is 5.54. The molecule has 0 aromatic carbocycles. The largest absolute Gasteiger partial charge is 0.273 e. The Morgan fingerprint density at radius 3 is 1.73 bits per heavy atom. The molecule has 1 unspecified atom stereocenters. The molecule has 0 rings (SSSR count). The molecule has 0 saturated heterocycles. The summed E-state index contributed by atoms with van der Waals surface area (Å²) >= 11 is 5.54. The number of rotatable bonds is 4. The molecule has 1 atom stereocenters. The van der Waals surface area contributed by atoms with Crippen molar-refractivity contribution in [2.24, 2.45) is 5.50 Å². The molecule has 0 aliphatic rings. The zero-order chi connectivity index (χ0) is 9.02. The fourth-order valence-corrected chi connectivity index (χ4v) is 1.65. The standard InChI is InChI=1S/C6H16ClN2OP/c1-5(2)9(6(3)4)10-11(7)8/h5-6H,8H2,1-4H3. The Hall–Kier alpha value is 0.600. The highest BCUT2D eigenvalue weighted by Gasteiger charge is 2.16. The molecule has 0 bridgehead atoms. The highest BCUT2D eigenvalue weighted by Crippen LogP contribution is 2.35. The van der Waals surface area contributed by atoms with Crippen LogP contribution in [-0.2, 0) is 4.62 Å². The Bertz CT molecular complexity index is 103. The summed E-state index contributed by atoms with van der Waals surface area (Å²) in [6.45, 7) is 8.15. The van der Waals surface area contributed by atoms with E-state index in [-0.39, 0.29) is 0 Å². The molecule has 3 nitrogen and oxygen atoms in total. The Morgan fingerprint density at radius 2 is 1.64 bits per heavy atom. The van der Waals surface area contributed by atoms with E-state index in [0.29, 0.717) is 12.1 Å². The van der Waals surface area contributed by atoms with Gasteiger partial charge in [-0.3, -0.25) is 5.50 Å². The van der Waals surface area contributed by atoms with Crippen LogP contribution in [0.15, 0.2) is 0 Å². The molecule has 0 saturated carbocycles. The SMILES string of the molecule is CC(C)N(OP(N)Cl)C(C)C. The summed E-state index contributed by atoms with van der Waals surface area (Å²) in [4.78, 5) is 0. The summed E-state index contributed by atoms with van der Waals surface area (Å²) < 4.78 is 5.21. The Kier molecular flexibility index (Phi) is 5.57. The van der Waals surface area contributed by atoms with Gasteiger partial charge in [0.05, 0.1) is 0 Å². The lowest BCUT2D eigenvalue weighted by molar-refractivity contribution is -0.0999. The summed E-state index contributed by atoms with van der Waals surface area (Å²) in [7, 11) is -1.31. The Labute approximate surface area is 74.5 Å². The lowest BCUT2D eigenvalue weighted by Gasteiger charge is -2.29. The van der Waals surface area contributed by atoms with Crippen LogP contribution in [0.25, 0.3) is 0 Å². The third kappa shape index (κ3) is 4.94. The maximum absolute atomic E-state index is 5.54. The summed E-state index contributed by atoms with van der Waals surface area (Å²) in [6.07, 6.45) is 0. The summed E-state index contributed by atoms with van der Waals surface area (Å²) in [6, 6.07) is 0.615. The van der Waals surface area contributed by atoms with Crippen LogP contribution in [0.1, 0.15) is 27.7 Å². The second-order valence-corrected chi connectivity index (χ2v) is 4.61. The van der Waals surface area contributed by atoms with E-state index < -0.39 is 7.65 Å². The van der Waals surface area contributed by atoms with Crippen LogP contribution in [0, 0.1) is 0 Å². The average Bonchev–Trinajstić information content (AvgIpc) is 1.81. The van der Waals surface area contributed by atoms with Crippen LogP contribution in [0.2, 0.25) is 0 Å². The molecule has 0 radical (unpaired) electrons. The van der Waals surface area contributed by atoms with Gasteiger partial charge in [0.25, 0.3) is 0 Å². The van der Waals surface area contributed by atoms with Crippen LogP contribution in [0.4, 0.5) is 0 Å². The smallest absolute Gasteiger partial charge is 0.222 e. The maximum Gasteiger partial charge on any atom is 0.222 e. The van der Waals surface area contributed by atoms with E-state index >= 15 is 0 Å². The fourth-order valence-electron chi connectivity index (χ4n) is 0.875. The van der Waals surface area contributed by atoms with Crippen molar-refractivity contribution in [2.45, 2.75) is 39.8 Å². The topological polar surface area (TPSA) is 38.5 Å². The molecule has 2 N–H and O–H groups in total. The first kappa shape index (κ1) is 11.6. The molecule has 0 fully saturated rings. The minimum Gasteiger partial charge on any atom is -0.273 e. The normalized spacial score (nSPS) is 15.0. The van der Waals surface area contributed by atoms with Crippen LogP contribution >= 0.6 is 18.9 Å². The summed E-state index contributed by atoms with van der Waals surface area (Å²) in [5.74, 6) is 0. The monoisotopic (exact) mass is 198 g/mol. The van der Waals surface area contributed by atoms with Crippen LogP contribution < -0.4 is 5.50 Å². The number of nitrogens with two attached hydrogens (primary N) is 1. The molecule has 0 heterocycles. The molecule has 0 aliphatic heterocycles. The number of hydrogen-bond acceptors (Lipinski definition) is 3. The zero-order valence-electron chi connectivity index (χ0n) is 7.41. The summed E-state index contributed by atoms with van der Waals surface area (Å²) in [5.41, 5.74) is 5.34. The van der Waals surface area contributed by atoms with Gasteiger partial charge in [-0.1, -0.05) is 0 Å². The molecule has 5 heteroatoms. The van der Waals surface area contributed by atoms with E-state index in [1.54, 1.807) is 5.06 Å². The van der Waals surface area contributed by atoms with Gasteiger partial charge in [0.2, 0.25) is 7.65 Å². The number of hydrogen-bond donors (Lipinski definition) is 1. The van der Waals surface area contributed by atoms with Crippen molar-refractivity contribution in [1.82, 2.24) is 5.06 Å². The highest BCUT2D eigenvalue weighted by atomic mass is 35.7. The van der Waals surface area contributed by atoms with Crippen LogP contribution in [0.5, 0.6) is 0 Å². The van der Waals surface area contributed by atoms with Gasteiger partial charge in [-0.25, -0.2) is 4.62 Å². The molecule has 0 aromatic heterocycles. The van der Waals surface area contributed by atoms with Crippen LogP contribution in [-0.4, -0.2) is 17.1 Å². The molecule has 68 valence electrons. The molecular weight excluding hydrogens is 183 g/mol. The van der Waals surface area contributed by atoms with Gasteiger partial charge in [-0.2, -0.15) is 5.06 Å².